The lowest BCUT2D eigenvalue weighted by molar-refractivity contribution is -0.125. The average molecular weight is 433 g/mol. The summed E-state index contributed by atoms with van der Waals surface area (Å²) in [5, 5.41) is 16.6. The van der Waals surface area contributed by atoms with E-state index in [2.05, 4.69) is 23.8 Å². The molecule has 2 rings (SSSR count). The van der Waals surface area contributed by atoms with Crippen LogP contribution in [0.1, 0.15) is 51.0 Å². The molecule has 0 spiro atoms. The second-order valence-electron chi connectivity index (χ2n) is 8.34. The van der Waals surface area contributed by atoms with Gasteiger partial charge in [-0.15, -0.1) is 13.2 Å². The van der Waals surface area contributed by atoms with E-state index in [9.17, 15) is 19.1 Å². The summed E-state index contributed by atoms with van der Waals surface area (Å²) in [7, 11) is 1.47. The van der Waals surface area contributed by atoms with Crippen LogP contribution in [-0.2, 0) is 16.0 Å². The van der Waals surface area contributed by atoms with E-state index < -0.39 is 23.0 Å². The number of halogens is 1. The second kappa shape index (κ2) is 10.6. The van der Waals surface area contributed by atoms with Crippen LogP contribution in [0.2, 0.25) is 0 Å². The lowest BCUT2D eigenvalue weighted by Gasteiger charge is -2.34. The third-order valence-corrected chi connectivity index (χ3v) is 6.03. The SMILES string of the molecule is C=CCC(O)(CC=C)C(C)NC(=O)CCC1(Cc2ccc(OC)cc2F)CCC(=O)N1. The molecule has 170 valence electrons. The van der Waals surface area contributed by atoms with Gasteiger partial charge < -0.3 is 20.5 Å². The Morgan fingerprint density at radius 2 is 2.10 bits per heavy atom. The molecule has 2 amide bonds. The molecule has 0 saturated carbocycles. The van der Waals surface area contributed by atoms with Crippen LogP contribution >= 0.6 is 0 Å². The summed E-state index contributed by atoms with van der Waals surface area (Å²) in [6.45, 7) is 9.07. The van der Waals surface area contributed by atoms with Gasteiger partial charge in [-0.25, -0.2) is 4.39 Å². The summed E-state index contributed by atoms with van der Waals surface area (Å²) in [4.78, 5) is 24.6. The Bertz CT molecular complexity index is 816. The van der Waals surface area contributed by atoms with Gasteiger partial charge >= 0.3 is 0 Å². The highest BCUT2D eigenvalue weighted by molar-refractivity contribution is 5.80. The zero-order valence-corrected chi connectivity index (χ0v) is 18.4. The number of ether oxygens (including phenoxy) is 1. The van der Waals surface area contributed by atoms with Crippen molar-refractivity contribution in [3.63, 3.8) is 0 Å². The Balaban J connectivity index is 2.06. The molecule has 1 aliphatic heterocycles. The molecule has 7 heteroatoms. The molecule has 3 N–H and O–H groups in total. The number of amides is 2. The van der Waals surface area contributed by atoms with Crippen LogP contribution in [0.25, 0.3) is 0 Å². The van der Waals surface area contributed by atoms with E-state index in [0.717, 1.165) is 0 Å². The molecular weight excluding hydrogens is 399 g/mol. The Morgan fingerprint density at radius 3 is 2.61 bits per heavy atom. The molecule has 31 heavy (non-hydrogen) atoms. The maximum atomic E-state index is 14.5. The van der Waals surface area contributed by atoms with Crippen LogP contribution in [0.4, 0.5) is 4.39 Å². The molecule has 1 aliphatic rings. The highest BCUT2D eigenvalue weighted by Gasteiger charge is 2.39. The Labute approximate surface area is 183 Å². The van der Waals surface area contributed by atoms with Crippen molar-refractivity contribution in [2.45, 2.75) is 69.1 Å². The molecule has 1 aromatic carbocycles. The maximum Gasteiger partial charge on any atom is 0.220 e. The minimum absolute atomic E-state index is 0.103. The summed E-state index contributed by atoms with van der Waals surface area (Å²) in [6.07, 6.45) is 5.51. The molecule has 2 unspecified atom stereocenters. The van der Waals surface area contributed by atoms with E-state index in [4.69, 9.17) is 4.74 Å². The number of aliphatic hydroxyl groups is 1. The summed E-state index contributed by atoms with van der Waals surface area (Å²) >= 11 is 0. The highest BCUT2D eigenvalue weighted by atomic mass is 19.1. The quantitative estimate of drug-likeness (QED) is 0.443. The number of hydrogen-bond donors (Lipinski definition) is 3. The summed E-state index contributed by atoms with van der Waals surface area (Å²) in [5.74, 6) is -0.327. The number of carbonyl (C=O) groups excluding carboxylic acids is 2. The third kappa shape index (κ3) is 6.40. The lowest BCUT2D eigenvalue weighted by Crippen LogP contribution is -2.51. The van der Waals surface area contributed by atoms with Gasteiger partial charge in [-0.1, -0.05) is 18.2 Å². The van der Waals surface area contributed by atoms with Crippen molar-refractivity contribution in [2.75, 3.05) is 7.11 Å². The van der Waals surface area contributed by atoms with Gasteiger partial charge in [0.05, 0.1) is 18.8 Å². The van der Waals surface area contributed by atoms with Gasteiger partial charge in [0.25, 0.3) is 0 Å². The molecular formula is C24H33FN2O4. The lowest BCUT2D eigenvalue weighted by atomic mass is 9.84. The normalized spacial score (nSPS) is 19.4. The smallest absolute Gasteiger partial charge is 0.220 e. The Morgan fingerprint density at radius 1 is 1.42 bits per heavy atom. The van der Waals surface area contributed by atoms with Crippen LogP contribution in [0.3, 0.4) is 0 Å². The zero-order chi connectivity index (χ0) is 23.1. The van der Waals surface area contributed by atoms with Gasteiger partial charge in [0.15, 0.2) is 0 Å². The minimum atomic E-state index is -1.16. The molecule has 0 aliphatic carbocycles. The first-order chi connectivity index (χ1) is 14.7. The summed E-state index contributed by atoms with van der Waals surface area (Å²) < 4.78 is 19.5. The van der Waals surface area contributed by atoms with Gasteiger partial charge in [-0.3, -0.25) is 9.59 Å². The standard InChI is InChI=1S/C24H33FN2O4/c1-5-11-24(30,12-6-2)17(3)26-21(28)9-13-23(14-10-22(29)27-23)16-18-7-8-19(31-4)15-20(18)25/h5-8,15,17,30H,1-2,9-14,16H2,3-4H3,(H,26,28)(H,27,29). The molecule has 0 bridgehead atoms. The Kier molecular flexibility index (Phi) is 8.39. The van der Waals surface area contributed by atoms with E-state index in [1.54, 1.807) is 31.2 Å². The van der Waals surface area contributed by atoms with Crippen LogP contribution in [0.15, 0.2) is 43.5 Å². The van der Waals surface area contributed by atoms with Crippen LogP contribution < -0.4 is 15.4 Å². The van der Waals surface area contributed by atoms with Crippen LogP contribution in [0.5, 0.6) is 5.75 Å². The van der Waals surface area contributed by atoms with E-state index in [0.29, 0.717) is 43.4 Å². The average Bonchev–Trinajstić information content (AvgIpc) is 3.09. The predicted octanol–water partition coefficient (Wildman–Crippen LogP) is 3.19. The Hall–Kier alpha value is -2.67. The molecule has 1 saturated heterocycles. The first-order valence-corrected chi connectivity index (χ1v) is 10.5. The van der Waals surface area contributed by atoms with Gasteiger partial charge in [-0.05, 0) is 50.7 Å². The van der Waals surface area contributed by atoms with Gasteiger partial charge in [0.2, 0.25) is 11.8 Å². The first kappa shape index (κ1) is 24.6. The van der Waals surface area contributed by atoms with Crippen molar-refractivity contribution < 1.29 is 23.8 Å². The molecule has 0 radical (unpaired) electrons. The van der Waals surface area contributed by atoms with Crippen molar-refractivity contribution in [1.82, 2.24) is 10.6 Å². The number of methoxy groups -OCH3 is 1. The summed E-state index contributed by atoms with van der Waals surface area (Å²) in [6, 6.07) is 4.13. The largest absolute Gasteiger partial charge is 0.497 e. The van der Waals surface area contributed by atoms with E-state index in [1.807, 2.05) is 0 Å². The number of hydrogen-bond acceptors (Lipinski definition) is 4. The minimum Gasteiger partial charge on any atom is -0.497 e. The maximum absolute atomic E-state index is 14.5. The van der Waals surface area contributed by atoms with Crippen molar-refractivity contribution in [3.05, 3.63) is 54.9 Å². The molecule has 6 nitrogen and oxygen atoms in total. The predicted molar refractivity (Wildman–Crippen MR) is 118 cm³/mol. The van der Waals surface area contributed by atoms with Crippen molar-refractivity contribution in [1.29, 1.82) is 0 Å². The number of carbonyl (C=O) groups is 2. The van der Waals surface area contributed by atoms with Gasteiger partial charge in [0.1, 0.15) is 11.6 Å². The van der Waals surface area contributed by atoms with Crippen LogP contribution in [0, 0.1) is 5.82 Å². The highest BCUT2D eigenvalue weighted by Crippen LogP contribution is 2.31. The first-order valence-electron chi connectivity index (χ1n) is 10.5. The second-order valence-corrected chi connectivity index (χ2v) is 8.34. The fraction of sp³-hybridized carbons (Fsp3) is 0.500. The zero-order valence-electron chi connectivity index (χ0n) is 18.4. The molecule has 1 heterocycles. The van der Waals surface area contributed by atoms with E-state index in [1.165, 1.54) is 13.2 Å². The fourth-order valence-electron chi connectivity index (χ4n) is 4.08. The van der Waals surface area contributed by atoms with Crippen molar-refractivity contribution in [3.8, 4) is 5.75 Å². The number of rotatable bonds is 12. The van der Waals surface area contributed by atoms with E-state index >= 15 is 0 Å². The fourth-order valence-corrected chi connectivity index (χ4v) is 4.08. The van der Waals surface area contributed by atoms with E-state index in [-0.39, 0.29) is 24.7 Å². The monoisotopic (exact) mass is 432 g/mol. The molecule has 1 aromatic rings. The van der Waals surface area contributed by atoms with Crippen molar-refractivity contribution in [2.24, 2.45) is 0 Å². The topological polar surface area (TPSA) is 87.7 Å². The van der Waals surface area contributed by atoms with Crippen LogP contribution in [-0.4, -0.2) is 41.2 Å². The molecule has 2 atom stereocenters. The van der Waals surface area contributed by atoms with Gasteiger partial charge in [0, 0.05) is 24.4 Å². The van der Waals surface area contributed by atoms with Crippen molar-refractivity contribution >= 4 is 11.8 Å². The van der Waals surface area contributed by atoms with Gasteiger partial charge in [-0.2, -0.15) is 0 Å². The number of nitrogens with one attached hydrogen (secondary N) is 2. The molecule has 0 aromatic heterocycles. The number of benzene rings is 1. The third-order valence-electron chi connectivity index (χ3n) is 6.03. The molecule has 1 fully saturated rings. The summed E-state index contributed by atoms with van der Waals surface area (Å²) in [5.41, 5.74) is -1.39.